The molecule has 146 valence electrons. The number of carbonyl (C=O) groups is 1. The van der Waals surface area contributed by atoms with E-state index in [0.29, 0.717) is 26.2 Å². The van der Waals surface area contributed by atoms with Gasteiger partial charge >= 0.3 is 0 Å². The third-order valence-corrected chi connectivity index (χ3v) is 4.76. The number of rotatable bonds is 9. The molecule has 0 saturated carbocycles. The van der Waals surface area contributed by atoms with Crippen LogP contribution in [0.1, 0.15) is 19.4 Å². The molecule has 0 spiro atoms. The molecular formula is C20H33N3O3. The Balaban J connectivity index is 1.64. The molecule has 26 heavy (non-hydrogen) atoms. The van der Waals surface area contributed by atoms with Crippen LogP contribution in [0.4, 0.5) is 0 Å². The summed E-state index contributed by atoms with van der Waals surface area (Å²) >= 11 is 0. The SMILES string of the molecule is Cc1ccc(OCCN(C)CC(=O)NCC(C)(C)N2CCOCC2)cc1. The van der Waals surface area contributed by atoms with E-state index in [1.807, 2.05) is 36.2 Å². The fourth-order valence-corrected chi connectivity index (χ4v) is 2.93. The van der Waals surface area contributed by atoms with E-state index < -0.39 is 0 Å². The van der Waals surface area contributed by atoms with Crippen molar-refractivity contribution in [3.63, 3.8) is 0 Å². The minimum absolute atomic E-state index is 0.0455. The van der Waals surface area contributed by atoms with E-state index in [-0.39, 0.29) is 11.4 Å². The molecule has 6 heteroatoms. The predicted octanol–water partition coefficient (Wildman–Crippen LogP) is 1.53. The van der Waals surface area contributed by atoms with Gasteiger partial charge in [-0.15, -0.1) is 0 Å². The minimum atomic E-state index is -0.0629. The van der Waals surface area contributed by atoms with Crippen LogP contribution in [0, 0.1) is 6.92 Å². The molecule has 1 aromatic carbocycles. The van der Waals surface area contributed by atoms with Crippen LogP contribution in [0.15, 0.2) is 24.3 Å². The Bertz CT molecular complexity index is 554. The van der Waals surface area contributed by atoms with Gasteiger partial charge in [0.25, 0.3) is 0 Å². The van der Waals surface area contributed by atoms with Crippen molar-refractivity contribution in [3.05, 3.63) is 29.8 Å². The first-order valence-electron chi connectivity index (χ1n) is 9.34. The molecule has 1 heterocycles. The van der Waals surface area contributed by atoms with Gasteiger partial charge in [0.1, 0.15) is 12.4 Å². The van der Waals surface area contributed by atoms with E-state index in [9.17, 15) is 4.79 Å². The van der Waals surface area contributed by atoms with E-state index in [1.54, 1.807) is 0 Å². The summed E-state index contributed by atoms with van der Waals surface area (Å²) in [5, 5.41) is 3.06. The van der Waals surface area contributed by atoms with Crippen molar-refractivity contribution < 1.29 is 14.3 Å². The van der Waals surface area contributed by atoms with Crippen LogP contribution in [0.2, 0.25) is 0 Å². The fourth-order valence-electron chi connectivity index (χ4n) is 2.93. The van der Waals surface area contributed by atoms with Crippen LogP contribution in [-0.4, -0.2) is 80.8 Å². The normalized spacial score (nSPS) is 15.9. The lowest BCUT2D eigenvalue weighted by atomic mass is 10.0. The smallest absolute Gasteiger partial charge is 0.234 e. The van der Waals surface area contributed by atoms with Gasteiger partial charge in [0.15, 0.2) is 0 Å². The van der Waals surface area contributed by atoms with Gasteiger partial charge < -0.3 is 14.8 Å². The summed E-state index contributed by atoms with van der Waals surface area (Å²) in [6.45, 7) is 12.0. The Hall–Kier alpha value is -1.63. The molecule has 6 nitrogen and oxygen atoms in total. The van der Waals surface area contributed by atoms with Gasteiger partial charge in [0.05, 0.1) is 19.8 Å². The van der Waals surface area contributed by atoms with Gasteiger partial charge in [-0.2, -0.15) is 0 Å². The van der Waals surface area contributed by atoms with Crippen molar-refractivity contribution in [2.45, 2.75) is 26.3 Å². The molecule has 1 aliphatic rings. The fraction of sp³-hybridized carbons (Fsp3) is 0.650. The van der Waals surface area contributed by atoms with Gasteiger partial charge in [-0.1, -0.05) is 17.7 Å². The molecule has 0 aromatic heterocycles. The van der Waals surface area contributed by atoms with Gasteiger partial charge in [0.2, 0.25) is 5.91 Å². The third-order valence-electron chi connectivity index (χ3n) is 4.76. The Morgan fingerprint density at radius 1 is 1.27 bits per heavy atom. The van der Waals surface area contributed by atoms with Crippen LogP contribution in [0.3, 0.4) is 0 Å². The molecule has 0 unspecified atom stereocenters. The molecule has 1 N–H and O–H groups in total. The first kappa shape index (κ1) is 20.7. The van der Waals surface area contributed by atoms with E-state index in [1.165, 1.54) is 5.56 Å². The number of nitrogens with one attached hydrogen (secondary N) is 1. The lowest BCUT2D eigenvalue weighted by Crippen LogP contribution is -2.56. The second kappa shape index (κ2) is 9.90. The first-order chi connectivity index (χ1) is 12.4. The molecule has 1 amide bonds. The van der Waals surface area contributed by atoms with Crippen molar-refractivity contribution >= 4 is 5.91 Å². The molecule has 1 saturated heterocycles. The van der Waals surface area contributed by atoms with E-state index in [0.717, 1.165) is 32.1 Å². The van der Waals surface area contributed by atoms with E-state index >= 15 is 0 Å². The highest BCUT2D eigenvalue weighted by atomic mass is 16.5. The van der Waals surface area contributed by atoms with Gasteiger partial charge in [0, 0.05) is 31.7 Å². The zero-order valence-corrected chi connectivity index (χ0v) is 16.6. The van der Waals surface area contributed by atoms with Crippen molar-refractivity contribution in [2.75, 3.05) is 59.6 Å². The summed E-state index contributed by atoms with van der Waals surface area (Å²) in [5.41, 5.74) is 1.15. The Kier molecular flexibility index (Phi) is 7.87. The van der Waals surface area contributed by atoms with Crippen LogP contribution < -0.4 is 10.1 Å². The zero-order chi connectivity index (χ0) is 19.0. The maximum Gasteiger partial charge on any atom is 0.234 e. The Morgan fingerprint density at radius 2 is 1.92 bits per heavy atom. The lowest BCUT2D eigenvalue weighted by Gasteiger charge is -2.40. The van der Waals surface area contributed by atoms with Gasteiger partial charge in [-0.25, -0.2) is 0 Å². The topological polar surface area (TPSA) is 54.0 Å². The number of benzene rings is 1. The summed E-state index contributed by atoms with van der Waals surface area (Å²) in [7, 11) is 1.94. The van der Waals surface area contributed by atoms with Gasteiger partial charge in [-0.3, -0.25) is 14.6 Å². The van der Waals surface area contributed by atoms with Gasteiger partial charge in [-0.05, 0) is 40.0 Å². The molecule has 1 fully saturated rings. The quantitative estimate of drug-likeness (QED) is 0.721. The first-order valence-corrected chi connectivity index (χ1v) is 9.34. The maximum absolute atomic E-state index is 12.2. The molecule has 0 aliphatic carbocycles. The number of hydrogen-bond donors (Lipinski definition) is 1. The number of amides is 1. The van der Waals surface area contributed by atoms with Crippen LogP contribution >= 0.6 is 0 Å². The highest BCUT2D eigenvalue weighted by molar-refractivity contribution is 5.78. The summed E-state index contributed by atoms with van der Waals surface area (Å²) in [6, 6.07) is 8.00. The average Bonchev–Trinajstić information content (AvgIpc) is 2.62. The van der Waals surface area contributed by atoms with Crippen LogP contribution in [0.25, 0.3) is 0 Å². The molecule has 1 aromatic rings. The summed E-state index contributed by atoms with van der Waals surface area (Å²) in [5.74, 6) is 0.907. The molecule has 2 rings (SSSR count). The molecule has 0 atom stereocenters. The molecule has 0 radical (unpaired) electrons. The van der Waals surface area contributed by atoms with Crippen LogP contribution in [-0.2, 0) is 9.53 Å². The molecule has 1 aliphatic heterocycles. The number of nitrogens with zero attached hydrogens (tertiary/aromatic N) is 2. The van der Waals surface area contributed by atoms with Crippen molar-refractivity contribution in [1.82, 2.24) is 15.1 Å². The van der Waals surface area contributed by atoms with Crippen molar-refractivity contribution in [2.24, 2.45) is 0 Å². The maximum atomic E-state index is 12.2. The number of carbonyl (C=O) groups excluding carboxylic acids is 1. The summed E-state index contributed by atoms with van der Waals surface area (Å²) in [6.07, 6.45) is 0. The monoisotopic (exact) mass is 363 g/mol. The van der Waals surface area contributed by atoms with Crippen molar-refractivity contribution in [3.8, 4) is 5.75 Å². The number of aryl methyl sites for hydroxylation is 1. The highest BCUT2D eigenvalue weighted by Crippen LogP contribution is 2.15. The Morgan fingerprint density at radius 3 is 2.58 bits per heavy atom. The van der Waals surface area contributed by atoms with Crippen LogP contribution in [0.5, 0.6) is 5.75 Å². The number of hydrogen-bond acceptors (Lipinski definition) is 5. The number of likely N-dealkylation sites (N-methyl/N-ethyl adjacent to an activating group) is 1. The Labute approximate surface area is 157 Å². The van der Waals surface area contributed by atoms with E-state index in [4.69, 9.17) is 9.47 Å². The largest absolute Gasteiger partial charge is 0.492 e. The lowest BCUT2D eigenvalue weighted by molar-refractivity contribution is -0.122. The standard InChI is InChI=1S/C20H33N3O3/c1-17-5-7-18(8-6-17)26-14-9-22(4)15-19(24)21-16-20(2,3)23-10-12-25-13-11-23/h5-8H,9-16H2,1-4H3,(H,21,24). The number of ether oxygens (including phenoxy) is 2. The highest BCUT2D eigenvalue weighted by Gasteiger charge is 2.28. The zero-order valence-electron chi connectivity index (χ0n) is 16.6. The third kappa shape index (κ3) is 6.94. The second-order valence-electron chi connectivity index (χ2n) is 7.59. The summed E-state index contributed by atoms with van der Waals surface area (Å²) < 4.78 is 11.1. The number of morpholine rings is 1. The minimum Gasteiger partial charge on any atom is -0.492 e. The average molecular weight is 364 g/mol. The molecular weight excluding hydrogens is 330 g/mol. The molecule has 0 bridgehead atoms. The summed E-state index contributed by atoms with van der Waals surface area (Å²) in [4.78, 5) is 16.6. The van der Waals surface area contributed by atoms with E-state index in [2.05, 4.69) is 31.0 Å². The predicted molar refractivity (Wildman–Crippen MR) is 104 cm³/mol. The van der Waals surface area contributed by atoms with Crippen molar-refractivity contribution in [1.29, 1.82) is 0 Å². The second-order valence-corrected chi connectivity index (χ2v) is 7.59.